The Morgan fingerprint density at radius 2 is 1.65 bits per heavy atom. The van der Waals surface area contributed by atoms with Gasteiger partial charge in [-0.2, -0.15) is 0 Å². The van der Waals surface area contributed by atoms with Crippen LogP contribution in [0, 0.1) is 6.92 Å². The van der Waals surface area contributed by atoms with E-state index < -0.39 is 5.60 Å². The summed E-state index contributed by atoms with van der Waals surface area (Å²) in [6.07, 6.45) is -0.315. The van der Waals surface area contributed by atoms with Gasteiger partial charge >= 0.3 is 6.09 Å². The number of hydrogen-bond acceptors (Lipinski definition) is 3. The maximum atomic E-state index is 12.6. The normalized spacial score (nSPS) is 15.5. The van der Waals surface area contributed by atoms with Crippen molar-refractivity contribution >= 4 is 27.9 Å². The molecule has 1 aliphatic heterocycles. The summed E-state index contributed by atoms with van der Waals surface area (Å²) in [7, 11) is 0. The van der Waals surface area contributed by atoms with Crippen LogP contribution in [-0.4, -0.2) is 53.6 Å². The van der Waals surface area contributed by atoms with Crippen molar-refractivity contribution in [2.45, 2.75) is 33.3 Å². The van der Waals surface area contributed by atoms with E-state index in [1.807, 2.05) is 45.9 Å². The SMILES string of the molecule is Cc1cc(Br)ccc1C(=O)N1CCN(C(=O)OC(C)(C)C)CC1. The van der Waals surface area contributed by atoms with Crippen molar-refractivity contribution in [2.75, 3.05) is 26.2 Å². The Balaban J connectivity index is 1.96. The summed E-state index contributed by atoms with van der Waals surface area (Å²) in [5, 5.41) is 0. The van der Waals surface area contributed by atoms with Crippen molar-refractivity contribution in [3.63, 3.8) is 0 Å². The molecule has 0 bridgehead atoms. The van der Waals surface area contributed by atoms with E-state index in [0.29, 0.717) is 31.7 Å². The van der Waals surface area contributed by atoms with Crippen LogP contribution in [0.15, 0.2) is 22.7 Å². The number of rotatable bonds is 1. The van der Waals surface area contributed by atoms with E-state index in [1.54, 1.807) is 9.80 Å². The van der Waals surface area contributed by atoms with E-state index in [4.69, 9.17) is 4.74 Å². The van der Waals surface area contributed by atoms with Gasteiger partial charge in [-0.3, -0.25) is 4.79 Å². The fraction of sp³-hybridized carbons (Fsp3) is 0.529. The van der Waals surface area contributed by atoms with Gasteiger partial charge in [0.2, 0.25) is 0 Å². The second-order valence-electron chi connectivity index (χ2n) is 6.72. The molecule has 1 heterocycles. The van der Waals surface area contributed by atoms with Crippen molar-refractivity contribution in [1.82, 2.24) is 9.80 Å². The summed E-state index contributed by atoms with van der Waals surface area (Å²) in [4.78, 5) is 28.1. The molecule has 1 aromatic rings. The molecule has 2 rings (SSSR count). The first kappa shape index (κ1) is 17.8. The second kappa shape index (κ2) is 6.91. The highest BCUT2D eigenvalue weighted by molar-refractivity contribution is 9.10. The van der Waals surface area contributed by atoms with Gasteiger partial charge in [0.05, 0.1) is 0 Å². The molecule has 0 spiro atoms. The fourth-order valence-electron chi connectivity index (χ4n) is 2.46. The molecule has 1 aliphatic rings. The number of ether oxygens (including phenoxy) is 1. The molecule has 0 saturated carbocycles. The molecule has 6 heteroatoms. The Morgan fingerprint density at radius 1 is 1.09 bits per heavy atom. The lowest BCUT2D eigenvalue weighted by Gasteiger charge is -2.35. The smallest absolute Gasteiger partial charge is 0.410 e. The molecule has 126 valence electrons. The number of halogens is 1. The molecular formula is C17H23BrN2O3. The third kappa shape index (κ3) is 4.70. The average Bonchev–Trinajstić information content (AvgIpc) is 2.45. The van der Waals surface area contributed by atoms with Gasteiger partial charge < -0.3 is 14.5 Å². The highest BCUT2D eigenvalue weighted by Crippen LogP contribution is 2.19. The molecule has 0 atom stereocenters. The number of aryl methyl sites for hydroxylation is 1. The first-order valence-electron chi connectivity index (χ1n) is 7.71. The molecule has 1 aromatic carbocycles. The predicted molar refractivity (Wildman–Crippen MR) is 92.6 cm³/mol. The summed E-state index contributed by atoms with van der Waals surface area (Å²) < 4.78 is 6.33. The van der Waals surface area contributed by atoms with Crippen molar-refractivity contribution in [1.29, 1.82) is 0 Å². The van der Waals surface area contributed by atoms with Gasteiger partial charge in [-0.25, -0.2) is 4.79 Å². The quantitative estimate of drug-likeness (QED) is 0.747. The summed E-state index contributed by atoms with van der Waals surface area (Å²) in [6.45, 7) is 9.51. The highest BCUT2D eigenvalue weighted by atomic mass is 79.9. The van der Waals surface area contributed by atoms with Crippen LogP contribution < -0.4 is 0 Å². The Kier molecular flexibility index (Phi) is 5.34. The van der Waals surface area contributed by atoms with Crippen LogP contribution in [0.5, 0.6) is 0 Å². The fourth-order valence-corrected chi connectivity index (χ4v) is 2.93. The summed E-state index contributed by atoms with van der Waals surface area (Å²) in [6, 6.07) is 5.64. The molecule has 1 fully saturated rings. The molecule has 23 heavy (non-hydrogen) atoms. The number of benzene rings is 1. The van der Waals surface area contributed by atoms with Gasteiger partial charge in [-0.1, -0.05) is 15.9 Å². The standard InChI is InChI=1S/C17H23BrN2O3/c1-12-11-13(18)5-6-14(12)15(21)19-7-9-20(10-8-19)16(22)23-17(2,3)4/h5-6,11H,7-10H2,1-4H3. The minimum Gasteiger partial charge on any atom is -0.444 e. The van der Waals surface area contributed by atoms with Crippen LogP contribution in [0.4, 0.5) is 4.79 Å². The first-order chi connectivity index (χ1) is 10.7. The van der Waals surface area contributed by atoms with E-state index in [-0.39, 0.29) is 12.0 Å². The topological polar surface area (TPSA) is 49.9 Å². The number of carbonyl (C=O) groups excluding carboxylic acids is 2. The van der Waals surface area contributed by atoms with Crippen LogP contribution in [0.3, 0.4) is 0 Å². The number of carbonyl (C=O) groups is 2. The van der Waals surface area contributed by atoms with Crippen LogP contribution >= 0.6 is 15.9 Å². The van der Waals surface area contributed by atoms with E-state index in [9.17, 15) is 9.59 Å². The van der Waals surface area contributed by atoms with Crippen LogP contribution in [0.1, 0.15) is 36.7 Å². The van der Waals surface area contributed by atoms with Crippen LogP contribution in [0.2, 0.25) is 0 Å². The van der Waals surface area contributed by atoms with Gasteiger partial charge in [-0.05, 0) is 51.5 Å². The Morgan fingerprint density at radius 3 is 2.17 bits per heavy atom. The number of piperazine rings is 1. The Hall–Kier alpha value is -1.56. The van der Waals surface area contributed by atoms with Gasteiger partial charge in [-0.15, -0.1) is 0 Å². The van der Waals surface area contributed by atoms with Crippen molar-refractivity contribution in [2.24, 2.45) is 0 Å². The van der Waals surface area contributed by atoms with Gasteiger partial charge in [0.25, 0.3) is 5.91 Å². The third-order valence-electron chi connectivity index (χ3n) is 3.64. The third-order valence-corrected chi connectivity index (χ3v) is 4.13. The zero-order valence-corrected chi connectivity index (χ0v) is 15.6. The maximum absolute atomic E-state index is 12.6. The van der Waals surface area contributed by atoms with Gasteiger partial charge in [0, 0.05) is 36.2 Å². The van der Waals surface area contributed by atoms with E-state index in [2.05, 4.69) is 15.9 Å². The molecule has 1 saturated heterocycles. The highest BCUT2D eigenvalue weighted by Gasteiger charge is 2.28. The molecule has 0 unspecified atom stereocenters. The monoisotopic (exact) mass is 382 g/mol. The summed E-state index contributed by atoms with van der Waals surface area (Å²) in [5.74, 6) is 0.0128. The lowest BCUT2D eigenvalue weighted by atomic mass is 10.1. The molecule has 0 aliphatic carbocycles. The molecule has 0 aromatic heterocycles. The molecule has 2 amide bonds. The van der Waals surface area contributed by atoms with Gasteiger partial charge in [0.15, 0.2) is 0 Å². The molecule has 0 radical (unpaired) electrons. The summed E-state index contributed by atoms with van der Waals surface area (Å²) in [5.41, 5.74) is 1.15. The largest absolute Gasteiger partial charge is 0.444 e. The second-order valence-corrected chi connectivity index (χ2v) is 7.63. The lowest BCUT2D eigenvalue weighted by molar-refractivity contribution is 0.0140. The van der Waals surface area contributed by atoms with Gasteiger partial charge in [0.1, 0.15) is 5.60 Å². The van der Waals surface area contributed by atoms with E-state index >= 15 is 0 Å². The molecule has 0 N–H and O–H groups in total. The zero-order chi connectivity index (χ0) is 17.2. The Bertz CT molecular complexity index is 602. The average molecular weight is 383 g/mol. The van der Waals surface area contributed by atoms with Crippen LogP contribution in [-0.2, 0) is 4.74 Å². The van der Waals surface area contributed by atoms with Crippen molar-refractivity contribution in [3.8, 4) is 0 Å². The molecular weight excluding hydrogens is 360 g/mol. The zero-order valence-electron chi connectivity index (χ0n) is 14.1. The van der Waals surface area contributed by atoms with E-state index in [0.717, 1.165) is 10.0 Å². The summed E-state index contributed by atoms with van der Waals surface area (Å²) >= 11 is 3.41. The number of hydrogen-bond donors (Lipinski definition) is 0. The van der Waals surface area contributed by atoms with Crippen LogP contribution in [0.25, 0.3) is 0 Å². The molecule has 5 nitrogen and oxygen atoms in total. The minimum atomic E-state index is -0.501. The predicted octanol–water partition coefficient (Wildman–Crippen LogP) is 3.45. The number of nitrogens with zero attached hydrogens (tertiary/aromatic N) is 2. The minimum absolute atomic E-state index is 0.0128. The Labute approximate surface area is 145 Å². The number of amides is 2. The first-order valence-corrected chi connectivity index (χ1v) is 8.50. The van der Waals surface area contributed by atoms with Crippen molar-refractivity contribution < 1.29 is 14.3 Å². The lowest BCUT2D eigenvalue weighted by Crippen LogP contribution is -2.51. The maximum Gasteiger partial charge on any atom is 0.410 e. The van der Waals surface area contributed by atoms with Crippen molar-refractivity contribution in [3.05, 3.63) is 33.8 Å². The van der Waals surface area contributed by atoms with E-state index in [1.165, 1.54) is 0 Å².